The highest BCUT2D eigenvalue weighted by Gasteiger charge is 2.33. The van der Waals surface area contributed by atoms with Crippen LogP contribution in [0.2, 0.25) is 0 Å². The summed E-state index contributed by atoms with van der Waals surface area (Å²) in [4.78, 5) is 0. The molecule has 80 valence electrons. The summed E-state index contributed by atoms with van der Waals surface area (Å²) in [5.41, 5.74) is 3.99. The van der Waals surface area contributed by atoms with E-state index < -0.39 is 11.7 Å². The fourth-order valence-corrected chi connectivity index (χ4v) is 0.908. The minimum Gasteiger partial charge on any atom is -0.497 e. The second-order valence-electron chi connectivity index (χ2n) is 2.45. The SMILES string of the molecule is COc1ccc(N)c(C(F)(F)F)c1.Cl. The van der Waals surface area contributed by atoms with E-state index in [0.717, 1.165) is 6.07 Å². The molecule has 2 N–H and O–H groups in total. The summed E-state index contributed by atoms with van der Waals surface area (Å²) in [7, 11) is 1.30. The molecule has 0 spiro atoms. The van der Waals surface area contributed by atoms with Crippen LogP contribution in [-0.4, -0.2) is 7.11 Å². The minimum atomic E-state index is -4.43. The highest BCUT2D eigenvalue weighted by molar-refractivity contribution is 5.85. The van der Waals surface area contributed by atoms with Crippen molar-refractivity contribution in [1.82, 2.24) is 0 Å². The highest BCUT2D eigenvalue weighted by Crippen LogP contribution is 2.35. The second-order valence-corrected chi connectivity index (χ2v) is 2.45. The van der Waals surface area contributed by atoms with Crippen LogP contribution in [-0.2, 0) is 6.18 Å². The Morgan fingerprint density at radius 3 is 2.29 bits per heavy atom. The van der Waals surface area contributed by atoms with Crippen LogP contribution >= 0.6 is 12.4 Å². The van der Waals surface area contributed by atoms with Gasteiger partial charge in [-0.05, 0) is 18.2 Å². The van der Waals surface area contributed by atoms with Crippen molar-refractivity contribution in [3.05, 3.63) is 23.8 Å². The molecule has 1 aromatic rings. The number of anilines is 1. The molecule has 0 atom stereocenters. The maximum atomic E-state index is 12.2. The third kappa shape index (κ3) is 2.70. The van der Waals surface area contributed by atoms with Gasteiger partial charge in [-0.3, -0.25) is 0 Å². The lowest BCUT2D eigenvalue weighted by Gasteiger charge is -2.10. The molecule has 0 unspecified atom stereocenters. The van der Waals surface area contributed by atoms with Crippen molar-refractivity contribution in [1.29, 1.82) is 0 Å². The molecule has 0 aliphatic carbocycles. The number of hydrogen-bond donors (Lipinski definition) is 1. The summed E-state index contributed by atoms with van der Waals surface area (Å²) in [5.74, 6) is 0.140. The Morgan fingerprint density at radius 1 is 1.29 bits per heavy atom. The third-order valence-electron chi connectivity index (χ3n) is 1.57. The molecule has 2 nitrogen and oxygen atoms in total. The Balaban J connectivity index is 0.00000169. The van der Waals surface area contributed by atoms with E-state index in [-0.39, 0.29) is 23.8 Å². The first-order chi connectivity index (χ1) is 5.95. The van der Waals surface area contributed by atoms with Crippen LogP contribution in [0.4, 0.5) is 18.9 Å². The van der Waals surface area contributed by atoms with Gasteiger partial charge in [-0.2, -0.15) is 13.2 Å². The minimum absolute atomic E-state index is 0. The van der Waals surface area contributed by atoms with E-state index in [2.05, 4.69) is 4.74 Å². The summed E-state index contributed by atoms with van der Waals surface area (Å²) in [6.45, 7) is 0. The van der Waals surface area contributed by atoms with Gasteiger partial charge in [0.25, 0.3) is 0 Å². The topological polar surface area (TPSA) is 35.2 Å². The monoisotopic (exact) mass is 227 g/mol. The van der Waals surface area contributed by atoms with Crippen LogP contribution in [0.15, 0.2) is 18.2 Å². The van der Waals surface area contributed by atoms with Gasteiger partial charge in [0.2, 0.25) is 0 Å². The zero-order valence-electron chi connectivity index (χ0n) is 7.26. The van der Waals surface area contributed by atoms with E-state index in [0.29, 0.717) is 0 Å². The maximum absolute atomic E-state index is 12.2. The standard InChI is InChI=1S/C8H8F3NO.ClH/c1-13-5-2-3-7(12)6(4-5)8(9,10)11;/h2-4H,12H2,1H3;1H. The largest absolute Gasteiger partial charge is 0.497 e. The van der Waals surface area contributed by atoms with E-state index in [1.165, 1.54) is 19.2 Å². The van der Waals surface area contributed by atoms with Crippen LogP contribution in [0.1, 0.15) is 5.56 Å². The van der Waals surface area contributed by atoms with Crippen LogP contribution in [0.3, 0.4) is 0 Å². The van der Waals surface area contributed by atoms with Gasteiger partial charge in [0, 0.05) is 5.69 Å². The van der Waals surface area contributed by atoms with Crippen LogP contribution in [0.25, 0.3) is 0 Å². The number of halogens is 4. The summed E-state index contributed by atoms with van der Waals surface area (Å²) >= 11 is 0. The van der Waals surface area contributed by atoms with Gasteiger partial charge in [-0.25, -0.2) is 0 Å². The van der Waals surface area contributed by atoms with Crippen LogP contribution in [0.5, 0.6) is 5.75 Å². The molecule has 0 amide bonds. The normalized spacial score (nSPS) is 10.6. The average molecular weight is 228 g/mol. The van der Waals surface area contributed by atoms with E-state index in [9.17, 15) is 13.2 Å². The van der Waals surface area contributed by atoms with Crippen molar-refractivity contribution in [2.45, 2.75) is 6.18 Å². The average Bonchev–Trinajstić information content (AvgIpc) is 2.03. The molecule has 0 saturated carbocycles. The van der Waals surface area contributed by atoms with Gasteiger partial charge in [-0.1, -0.05) is 0 Å². The molecule has 6 heteroatoms. The molecular weight excluding hydrogens is 219 g/mol. The van der Waals surface area contributed by atoms with E-state index in [1.807, 2.05) is 0 Å². The number of alkyl halides is 3. The van der Waals surface area contributed by atoms with Crippen molar-refractivity contribution in [3.63, 3.8) is 0 Å². The van der Waals surface area contributed by atoms with Crippen molar-refractivity contribution in [2.75, 3.05) is 12.8 Å². The van der Waals surface area contributed by atoms with Crippen LogP contribution < -0.4 is 10.5 Å². The molecule has 0 aromatic heterocycles. The third-order valence-corrected chi connectivity index (χ3v) is 1.57. The molecular formula is C8H9ClF3NO. The molecule has 14 heavy (non-hydrogen) atoms. The van der Waals surface area contributed by atoms with E-state index in [4.69, 9.17) is 5.73 Å². The van der Waals surface area contributed by atoms with Crippen molar-refractivity contribution in [2.24, 2.45) is 0 Å². The quantitative estimate of drug-likeness (QED) is 0.749. The molecule has 1 aromatic carbocycles. The summed E-state index contributed by atoms with van der Waals surface area (Å²) < 4.78 is 41.3. The molecule has 0 aliphatic heterocycles. The van der Waals surface area contributed by atoms with Gasteiger partial charge >= 0.3 is 6.18 Å². The highest BCUT2D eigenvalue weighted by atomic mass is 35.5. The lowest BCUT2D eigenvalue weighted by atomic mass is 10.1. The first-order valence-electron chi connectivity index (χ1n) is 3.46. The molecule has 1 rings (SSSR count). The number of rotatable bonds is 1. The Bertz CT molecular complexity index is 314. The van der Waals surface area contributed by atoms with Gasteiger partial charge in [0.1, 0.15) is 5.75 Å². The molecule has 0 saturated heterocycles. The molecule has 0 aliphatic rings. The summed E-state index contributed by atoms with van der Waals surface area (Å²) in [5, 5.41) is 0. The number of nitrogens with two attached hydrogens (primary N) is 1. The Morgan fingerprint density at radius 2 is 1.86 bits per heavy atom. The number of methoxy groups -OCH3 is 1. The fraction of sp³-hybridized carbons (Fsp3) is 0.250. The summed E-state index contributed by atoms with van der Waals surface area (Å²) in [6.07, 6.45) is -4.43. The molecule has 0 bridgehead atoms. The van der Waals surface area contributed by atoms with Crippen LogP contribution in [0, 0.1) is 0 Å². The first-order valence-corrected chi connectivity index (χ1v) is 3.46. The smallest absolute Gasteiger partial charge is 0.418 e. The molecule has 0 heterocycles. The maximum Gasteiger partial charge on any atom is 0.418 e. The molecule has 0 radical (unpaired) electrons. The second kappa shape index (κ2) is 4.41. The Labute approximate surface area is 85.3 Å². The predicted octanol–water partition coefficient (Wildman–Crippen LogP) is 2.72. The van der Waals surface area contributed by atoms with Gasteiger partial charge < -0.3 is 10.5 Å². The first kappa shape index (κ1) is 12.9. The number of nitrogen functional groups attached to an aromatic ring is 1. The predicted molar refractivity (Wildman–Crippen MR) is 49.7 cm³/mol. The molecule has 0 fully saturated rings. The zero-order valence-corrected chi connectivity index (χ0v) is 8.08. The Kier molecular flexibility index (Phi) is 4.07. The van der Waals surface area contributed by atoms with Crippen molar-refractivity contribution in [3.8, 4) is 5.75 Å². The van der Waals surface area contributed by atoms with Gasteiger partial charge in [0.15, 0.2) is 0 Å². The van der Waals surface area contributed by atoms with E-state index in [1.54, 1.807) is 0 Å². The zero-order chi connectivity index (χ0) is 10.1. The van der Waals surface area contributed by atoms with E-state index >= 15 is 0 Å². The van der Waals surface area contributed by atoms with Gasteiger partial charge in [0.05, 0.1) is 12.7 Å². The van der Waals surface area contributed by atoms with Crippen molar-refractivity contribution >= 4 is 18.1 Å². The number of hydrogen-bond acceptors (Lipinski definition) is 2. The fourth-order valence-electron chi connectivity index (χ4n) is 0.908. The van der Waals surface area contributed by atoms with Gasteiger partial charge in [-0.15, -0.1) is 12.4 Å². The Hall–Kier alpha value is -1.10. The number of benzene rings is 1. The number of ether oxygens (including phenoxy) is 1. The lowest BCUT2D eigenvalue weighted by Crippen LogP contribution is -2.08. The van der Waals surface area contributed by atoms with Crippen molar-refractivity contribution < 1.29 is 17.9 Å². The lowest BCUT2D eigenvalue weighted by molar-refractivity contribution is -0.137. The summed E-state index contributed by atoms with van der Waals surface area (Å²) in [6, 6.07) is 3.42.